The van der Waals surface area contributed by atoms with Crippen LogP contribution in [-0.2, 0) is 11.8 Å². The Labute approximate surface area is 210 Å². The van der Waals surface area contributed by atoms with E-state index in [2.05, 4.69) is 52.9 Å². The second kappa shape index (κ2) is 8.68. The van der Waals surface area contributed by atoms with Crippen molar-refractivity contribution in [3.05, 3.63) is 73.1 Å². The highest BCUT2D eigenvalue weighted by Crippen LogP contribution is 2.34. The molecule has 0 saturated heterocycles. The maximum Gasteiger partial charge on any atom is 0.415 e. The minimum atomic E-state index is -0.617. The van der Waals surface area contributed by atoms with Gasteiger partial charge in [0.2, 0.25) is 0 Å². The topological polar surface area (TPSA) is 76.0 Å². The molecule has 7 nitrogen and oxygen atoms in total. The van der Waals surface area contributed by atoms with Crippen LogP contribution in [0.3, 0.4) is 0 Å². The van der Waals surface area contributed by atoms with E-state index in [9.17, 15) is 4.79 Å². The highest BCUT2D eigenvalue weighted by atomic mass is 16.6. The van der Waals surface area contributed by atoms with Crippen molar-refractivity contribution in [1.29, 1.82) is 0 Å². The summed E-state index contributed by atoms with van der Waals surface area (Å²) in [7, 11) is 3.59. The number of carbonyl (C=O) groups is 1. The fourth-order valence-electron chi connectivity index (χ4n) is 4.30. The normalized spacial score (nSPS) is 11.7. The first-order chi connectivity index (χ1) is 17.1. The predicted molar refractivity (Wildman–Crippen MR) is 146 cm³/mol. The van der Waals surface area contributed by atoms with Gasteiger partial charge in [0.05, 0.1) is 11.8 Å². The molecule has 36 heavy (non-hydrogen) atoms. The van der Waals surface area contributed by atoms with Crippen molar-refractivity contribution in [2.45, 2.75) is 26.4 Å². The number of fused-ring (bicyclic) bond motifs is 3. The van der Waals surface area contributed by atoms with Crippen LogP contribution in [0.15, 0.2) is 67.5 Å². The monoisotopic (exact) mass is 479 g/mol. The van der Waals surface area contributed by atoms with E-state index in [0.29, 0.717) is 17.0 Å². The molecule has 0 unspecified atom stereocenters. The number of amides is 1. The van der Waals surface area contributed by atoms with Gasteiger partial charge in [0.25, 0.3) is 0 Å². The van der Waals surface area contributed by atoms with Crippen LogP contribution in [0.2, 0.25) is 0 Å². The number of nitrogens with one attached hydrogen (secondary N) is 1. The fourth-order valence-corrected chi connectivity index (χ4v) is 4.30. The standard InChI is InChI=1S/C29H29N5O2/c1-7-18-10-8-11-19(14-18)20-12-9-13-21(15-20)23-16-22-25-24(30-17-33(25)5)27(32-26(22)31-23)34(6)28(35)36-29(2,3)4/h7-17H,1H2,2-6H3,(H,31,32). The average Bonchev–Trinajstić information content (AvgIpc) is 3.45. The Morgan fingerprint density at radius 3 is 2.50 bits per heavy atom. The number of rotatable bonds is 4. The van der Waals surface area contributed by atoms with Crippen LogP contribution < -0.4 is 4.90 Å². The van der Waals surface area contributed by atoms with E-state index in [1.807, 2.05) is 56.7 Å². The summed E-state index contributed by atoms with van der Waals surface area (Å²) < 4.78 is 7.51. The summed E-state index contributed by atoms with van der Waals surface area (Å²) in [5.41, 5.74) is 6.86. The maximum atomic E-state index is 12.8. The number of H-pyrrole nitrogens is 1. The van der Waals surface area contributed by atoms with Gasteiger partial charge in [-0.1, -0.05) is 49.1 Å². The summed E-state index contributed by atoms with van der Waals surface area (Å²) >= 11 is 0. The number of hydrogen-bond donors (Lipinski definition) is 1. The van der Waals surface area contributed by atoms with Crippen molar-refractivity contribution in [2.75, 3.05) is 11.9 Å². The van der Waals surface area contributed by atoms with Crippen LogP contribution in [0.25, 0.3) is 50.5 Å². The summed E-state index contributed by atoms with van der Waals surface area (Å²) in [6, 6.07) is 18.7. The van der Waals surface area contributed by atoms with E-state index in [-0.39, 0.29) is 0 Å². The number of aromatic nitrogens is 4. The van der Waals surface area contributed by atoms with E-state index in [0.717, 1.165) is 38.9 Å². The summed E-state index contributed by atoms with van der Waals surface area (Å²) in [5, 5.41) is 0.931. The minimum absolute atomic E-state index is 0.441. The average molecular weight is 480 g/mol. The van der Waals surface area contributed by atoms with Gasteiger partial charge in [-0.3, -0.25) is 4.90 Å². The molecule has 3 aromatic heterocycles. The molecule has 182 valence electrons. The molecule has 0 atom stereocenters. The quantitative estimate of drug-likeness (QED) is 0.308. The minimum Gasteiger partial charge on any atom is -0.443 e. The number of carbonyl (C=O) groups excluding carboxylic acids is 1. The smallest absolute Gasteiger partial charge is 0.415 e. The molecule has 0 aliphatic rings. The van der Waals surface area contributed by atoms with E-state index < -0.39 is 11.7 Å². The summed E-state index contributed by atoms with van der Waals surface area (Å²) in [6.07, 6.45) is 3.10. The zero-order chi connectivity index (χ0) is 25.6. The van der Waals surface area contributed by atoms with Crippen LogP contribution in [0.4, 0.5) is 10.6 Å². The van der Waals surface area contributed by atoms with Crippen LogP contribution in [0, 0.1) is 0 Å². The molecule has 0 aliphatic heterocycles. The molecule has 0 aliphatic carbocycles. The first-order valence-corrected chi connectivity index (χ1v) is 11.8. The molecule has 1 amide bonds. The first-order valence-electron chi connectivity index (χ1n) is 11.8. The van der Waals surface area contributed by atoms with Gasteiger partial charge in [0.15, 0.2) is 5.82 Å². The van der Waals surface area contributed by atoms with Crippen molar-refractivity contribution < 1.29 is 9.53 Å². The van der Waals surface area contributed by atoms with Gasteiger partial charge in [-0.05, 0) is 61.2 Å². The summed E-state index contributed by atoms with van der Waals surface area (Å²) in [5.74, 6) is 0.441. The van der Waals surface area contributed by atoms with Crippen LogP contribution >= 0.6 is 0 Å². The van der Waals surface area contributed by atoms with E-state index in [1.54, 1.807) is 13.4 Å². The number of pyridine rings is 1. The lowest BCUT2D eigenvalue weighted by Gasteiger charge is -2.24. The molecule has 0 bridgehead atoms. The molecule has 2 aromatic carbocycles. The highest BCUT2D eigenvalue weighted by molar-refractivity contribution is 6.09. The molecule has 0 spiro atoms. The largest absolute Gasteiger partial charge is 0.443 e. The molecule has 5 aromatic rings. The third-order valence-corrected chi connectivity index (χ3v) is 6.03. The Morgan fingerprint density at radius 1 is 1.08 bits per heavy atom. The van der Waals surface area contributed by atoms with Crippen molar-refractivity contribution in [2.24, 2.45) is 7.05 Å². The highest BCUT2D eigenvalue weighted by Gasteiger charge is 2.25. The maximum absolute atomic E-state index is 12.8. The zero-order valence-electron chi connectivity index (χ0n) is 21.2. The Kier molecular flexibility index (Phi) is 5.63. The fraction of sp³-hybridized carbons (Fsp3) is 0.207. The van der Waals surface area contributed by atoms with Crippen molar-refractivity contribution >= 4 is 40.1 Å². The number of anilines is 1. The Hall–Kier alpha value is -4.39. The van der Waals surface area contributed by atoms with Crippen LogP contribution in [0.5, 0.6) is 0 Å². The summed E-state index contributed by atoms with van der Waals surface area (Å²) in [4.78, 5) is 27.0. The second-order valence-electron chi connectivity index (χ2n) is 9.88. The predicted octanol–water partition coefficient (Wildman–Crippen LogP) is 6.80. The van der Waals surface area contributed by atoms with Gasteiger partial charge in [0.1, 0.15) is 16.8 Å². The van der Waals surface area contributed by atoms with Crippen LogP contribution in [0.1, 0.15) is 26.3 Å². The number of benzene rings is 2. The molecule has 0 fully saturated rings. The third kappa shape index (κ3) is 4.24. The molecule has 1 N–H and O–H groups in total. The third-order valence-electron chi connectivity index (χ3n) is 6.03. The Bertz CT molecular complexity index is 1620. The lowest BCUT2D eigenvalue weighted by Crippen LogP contribution is -2.34. The second-order valence-corrected chi connectivity index (χ2v) is 9.88. The number of aryl methyl sites for hydroxylation is 1. The van der Waals surface area contributed by atoms with Crippen molar-refractivity contribution in [3.8, 4) is 22.4 Å². The van der Waals surface area contributed by atoms with Crippen molar-refractivity contribution in [1.82, 2.24) is 19.5 Å². The lowest BCUT2D eigenvalue weighted by molar-refractivity contribution is 0.0588. The Morgan fingerprint density at radius 2 is 1.78 bits per heavy atom. The molecular weight excluding hydrogens is 450 g/mol. The zero-order valence-corrected chi connectivity index (χ0v) is 21.2. The molecular formula is C29H29N5O2. The van der Waals surface area contributed by atoms with Gasteiger partial charge in [-0.15, -0.1) is 0 Å². The number of imidazole rings is 1. The molecule has 3 heterocycles. The first kappa shape index (κ1) is 23.4. The molecule has 0 radical (unpaired) electrons. The Balaban J connectivity index is 1.61. The summed E-state index contributed by atoms with van der Waals surface area (Å²) in [6.45, 7) is 9.39. The van der Waals surface area contributed by atoms with Gasteiger partial charge in [0, 0.05) is 25.2 Å². The molecule has 5 rings (SSSR count). The number of aromatic amines is 1. The van der Waals surface area contributed by atoms with E-state index in [4.69, 9.17) is 9.72 Å². The van der Waals surface area contributed by atoms with E-state index >= 15 is 0 Å². The number of nitrogens with zero attached hydrogens (tertiary/aromatic N) is 4. The number of hydrogen-bond acceptors (Lipinski definition) is 4. The van der Waals surface area contributed by atoms with E-state index in [1.165, 1.54) is 4.90 Å². The van der Waals surface area contributed by atoms with Crippen LogP contribution in [-0.4, -0.2) is 38.3 Å². The molecule has 7 heteroatoms. The number of ether oxygens (including phenoxy) is 1. The van der Waals surface area contributed by atoms with Gasteiger partial charge >= 0.3 is 6.09 Å². The van der Waals surface area contributed by atoms with Gasteiger partial charge in [-0.25, -0.2) is 14.8 Å². The van der Waals surface area contributed by atoms with Crippen molar-refractivity contribution in [3.63, 3.8) is 0 Å². The SMILES string of the molecule is C=Cc1cccc(-c2cccc(-c3cc4c(nc(N(C)C(=O)OC(C)(C)C)c5ncn(C)c54)[nH]3)c2)c1. The molecule has 0 saturated carbocycles. The van der Waals surface area contributed by atoms with Gasteiger partial charge in [-0.2, -0.15) is 0 Å². The van der Waals surface area contributed by atoms with Gasteiger partial charge < -0.3 is 14.3 Å². The lowest BCUT2D eigenvalue weighted by atomic mass is 10.00.